The summed E-state index contributed by atoms with van der Waals surface area (Å²) in [6, 6.07) is 0. The Labute approximate surface area is 572 Å². The van der Waals surface area contributed by atoms with Crippen molar-refractivity contribution in [3.63, 3.8) is 0 Å². The van der Waals surface area contributed by atoms with Gasteiger partial charge in [-0.25, -0.2) is 13.2 Å². The molecule has 13 aliphatic rings. The molecule has 13 rings (SSSR count). The molecule has 13 fully saturated rings. The number of halogens is 12. The van der Waals surface area contributed by atoms with E-state index in [1.54, 1.807) is 0 Å². The summed E-state index contributed by atoms with van der Waals surface area (Å²) in [5.74, 6) is -26.8. The second-order valence-corrected chi connectivity index (χ2v) is 37.6. The first kappa shape index (κ1) is 89.2. The zero-order valence-electron chi connectivity index (χ0n) is 65.1. The van der Waals surface area contributed by atoms with E-state index in [1.807, 2.05) is 6.92 Å². The lowest BCUT2D eigenvalue weighted by Gasteiger charge is -2.53. The number of hydrogen-bond acceptors (Lipinski definition) is 0. The SMILES string of the molecule is CC1(C)CC1.CC1(C)CCC1.CC1(C)CCCC1.CC1[C@H]2CC[C@@H]1C2(C)C(F)(F)F.CCC1(C)CC1.CCC1(C)CCC1.CCC1(C)CCCC1.CCC1(C)CCCC1.CCCC1(C)CCCC1.CCCC1(C)CCCC1.C[C@H]1C(F)(F)C(C)(F)C(F)(F)C(F)(F)C1(F)F. The minimum Gasteiger partial charge on any atom is -0.230 e. The summed E-state index contributed by atoms with van der Waals surface area (Å²) in [4.78, 5) is 0. The van der Waals surface area contributed by atoms with Crippen LogP contribution >= 0.6 is 0 Å². The van der Waals surface area contributed by atoms with Crippen molar-refractivity contribution in [1.29, 1.82) is 0 Å². The Kier molecular flexibility index (Phi) is 33.6. The van der Waals surface area contributed by atoms with Crippen LogP contribution in [0.15, 0.2) is 0 Å². The normalized spacial score (nSPS) is 32.7. The first-order chi connectivity index (χ1) is 42.8. The van der Waals surface area contributed by atoms with Crippen LogP contribution in [0.4, 0.5) is 52.7 Å². The van der Waals surface area contributed by atoms with E-state index in [1.165, 1.54) is 251 Å². The summed E-state index contributed by atoms with van der Waals surface area (Å²) in [5, 5.41) is 0. The Morgan fingerprint density at radius 1 is 0.298 bits per heavy atom. The van der Waals surface area contributed by atoms with E-state index in [0.717, 1.165) is 56.2 Å². The van der Waals surface area contributed by atoms with Gasteiger partial charge in [0.15, 0.2) is 0 Å². The number of rotatable bonds is 8. The molecule has 0 heterocycles. The fourth-order valence-electron chi connectivity index (χ4n) is 16.5. The Hall–Kier alpha value is -0.840. The molecule has 6 atom stereocenters. The zero-order valence-corrected chi connectivity index (χ0v) is 65.1. The fourth-order valence-corrected chi connectivity index (χ4v) is 16.5. The Balaban J connectivity index is 0.000000358. The maximum atomic E-state index is 13.2. The third kappa shape index (κ3) is 25.0. The Morgan fingerprint density at radius 3 is 0.681 bits per heavy atom. The van der Waals surface area contributed by atoms with Gasteiger partial charge in [-0.05, 0) is 215 Å². The van der Waals surface area contributed by atoms with Gasteiger partial charge in [-0.2, -0.15) is 39.5 Å². The molecule has 0 radical (unpaired) electrons. The molecule has 12 heteroatoms. The van der Waals surface area contributed by atoms with E-state index < -0.39 is 53.8 Å². The molecule has 13 saturated carbocycles. The molecular weight excluding hydrogens is 1210 g/mol. The van der Waals surface area contributed by atoms with Gasteiger partial charge in [-0.15, -0.1) is 0 Å². The van der Waals surface area contributed by atoms with Crippen LogP contribution < -0.4 is 0 Å². The third-order valence-electron chi connectivity index (χ3n) is 27.3. The van der Waals surface area contributed by atoms with E-state index >= 15 is 0 Å². The first-order valence-corrected chi connectivity index (χ1v) is 39.0. The summed E-state index contributed by atoms with van der Waals surface area (Å²) < 4.78 is 154. The Morgan fingerprint density at radius 2 is 0.532 bits per heavy atom. The van der Waals surface area contributed by atoms with Gasteiger partial charge in [0.1, 0.15) is 0 Å². The van der Waals surface area contributed by atoms with Gasteiger partial charge >= 0.3 is 23.9 Å². The number of alkyl halides is 12. The highest BCUT2D eigenvalue weighted by atomic mass is 19.4. The van der Waals surface area contributed by atoms with Gasteiger partial charge in [0.2, 0.25) is 5.67 Å². The third-order valence-corrected chi connectivity index (χ3v) is 27.3. The van der Waals surface area contributed by atoms with Crippen molar-refractivity contribution in [2.24, 2.45) is 77.8 Å². The smallest absolute Gasteiger partial charge is 0.230 e. The van der Waals surface area contributed by atoms with E-state index in [0.29, 0.717) is 11.3 Å². The van der Waals surface area contributed by atoms with Crippen LogP contribution in [0.5, 0.6) is 0 Å². The highest BCUT2D eigenvalue weighted by molar-refractivity contribution is 5.20. The zero-order chi connectivity index (χ0) is 72.6. The molecule has 0 N–H and O–H groups in total. The van der Waals surface area contributed by atoms with Gasteiger partial charge < -0.3 is 0 Å². The molecule has 0 aliphatic heterocycles. The van der Waals surface area contributed by atoms with Crippen molar-refractivity contribution in [3.8, 4) is 0 Å². The average Bonchev–Trinajstić information content (AvgIpc) is 0.742. The molecule has 0 aromatic heterocycles. The second kappa shape index (κ2) is 35.4. The molecule has 13 aliphatic carbocycles. The molecule has 562 valence electrons. The lowest BCUT2D eigenvalue weighted by atomic mass is 9.53. The summed E-state index contributed by atoms with van der Waals surface area (Å²) in [7, 11) is 0. The highest BCUT2D eigenvalue weighted by Gasteiger charge is 2.91. The van der Waals surface area contributed by atoms with E-state index in [4.69, 9.17) is 0 Å². The molecule has 0 saturated heterocycles. The predicted octanol–water partition coefficient (Wildman–Crippen LogP) is 31.2. The van der Waals surface area contributed by atoms with Crippen LogP contribution in [0.1, 0.15) is 409 Å². The first-order valence-electron chi connectivity index (χ1n) is 39.0. The highest BCUT2D eigenvalue weighted by Crippen LogP contribution is 2.71. The standard InChI is InChI=1S/C9H13F3.2C9H18.C8H7F9.2C8H16.2C7H14.2C6H12.C5H10/c1-5-6-3-4-7(5)8(6,2)9(10,11)12;2*1-3-6-9(2)7-4-5-8-9;1-3-5(10,11)4(2,9)7(14,15)8(16,17)6(3,12)13;2*1-3-8(2)6-4-5-7-8;1-7(2)5-3-4-6-7;1-3-7(2)5-4-6-7;1-6(2)4-3-5-6;1-3-6(2)4-5-6;1-5(2)3-4-5/h5-7H,3-4H2,1-2H3;2*3-8H2,1-2H3;3H,1-2H3;2*3-7H2,1-2H3;2*3-6H2,1-2H3;2*3-5H2,1-2H3;3-4H2,1-2H3/t5?,6-,7+,8?;;;3-,4?;;;;;;;/m...0......./s1. The summed E-state index contributed by atoms with van der Waals surface area (Å²) >= 11 is 0. The van der Waals surface area contributed by atoms with E-state index in [9.17, 15) is 52.7 Å². The summed E-state index contributed by atoms with van der Waals surface area (Å²) in [6.45, 7) is 45.0. The minimum atomic E-state index is -6.19. The van der Waals surface area contributed by atoms with Crippen LogP contribution in [0.2, 0.25) is 0 Å². The molecule has 0 aromatic rings. The predicted molar refractivity (Wildman–Crippen MR) is 377 cm³/mol. The molecular formula is C82H150F12. The van der Waals surface area contributed by atoms with E-state index in [-0.39, 0.29) is 18.8 Å². The van der Waals surface area contributed by atoms with Gasteiger partial charge in [0.05, 0.1) is 11.3 Å². The Bertz CT molecular complexity index is 1980. The molecule has 94 heavy (non-hydrogen) atoms. The maximum absolute atomic E-state index is 13.2. The lowest BCUT2D eigenvalue weighted by Crippen LogP contribution is -2.77. The van der Waals surface area contributed by atoms with Crippen LogP contribution in [0.3, 0.4) is 0 Å². The van der Waals surface area contributed by atoms with Crippen molar-refractivity contribution >= 4 is 0 Å². The lowest BCUT2D eigenvalue weighted by molar-refractivity contribution is -0.431. The van der Waals surface area contributed by atoms with Crippen molar-refractivity contribution in [2.75, 3.05) is 0 Å². The molecule has 0 nitrogen and oxygen atoms in total. The van der Waals surface area contributed by atoms with Gasteiger partial charge in [0.25, 0.3) is 5.92 Å². The monoisotopic (exact) mass is 1360 g/mol. The van der Waals surface area contributed by atoms with Crippen molar-refractivity contribution in [2.45, 2.75) is 445 Å². The molecule has 3 unspecified atom stereocenters. The molecule has 0 aromatic carbocycles. The van der Waals surface area contributed by atoms with Crippen LogP contribution in [0.25, 0.3) is 0 Å². The molecule has 2 bridgehead atoms. The molecule has 0 amide bonds. The largest absolute Gasteiger partial charge is 0.394 e. The van der Waals surface area contributed by atoms with Crippen LogP contribution in [0, 0.1) is 77.8 Å². The fraction of sp³-hybridized carbons (Fsp3) is 1.00. The quantitative estimate of drug-likeness (QED) is 0.213. The maximum Gasteiger partial charge on any atom is 0.394 e. The molecule has 0 spiro atoms. The van der Waals surface area contributed by atoms with E-state index in [2.05, 4.69) is 125 Å². The summed E-state index contributed by atoms with van der Waals surface area (Å²) in [5.41, 5.74) is 0.278. The van der Waals surface area contributed by atoms with Crippen molar-refractivity contribution in [1.82, 2.24) is 0 Å². The average molecular weight is 1360 g/mol. The topological polar surface area (TPSA) is 0 Å². The van der Waals surface area contributed by atoms with Gasteiger partial charge in [-0.3, -0.25) is 0 Å². The number of fused-ring (bicyclic) bond motifs is 1. The summed E-state index contributed by atoms with van der Waals surface area (Å²) in [6.07, 6.45) is 52.9. The van der Waals surface area contributed by atoms with Crippen LogP contribution in [-0.2, 0) is 0 Å². The number of hydrogen-bond donors (Lipinski definition) is 0. The van der Waals surface area contributed by atoms with Gasteiger partial charge in [-0.1, -0.05) is 261 Å². The second-order valence-electron chi connectivity index (χ2n) is 37.6. The van der Waals surface area contributed by atoms with Crippen LogP contribution in [-0.4, -0.2) is 35.5 Å². The minimum absolute atomic E-state index is 0.0949. The van der Waals surface area contributed by atoms with Crippen molar-refractivity contribution < 1.29 is 52.7 Å². The van der Waals surface area contributed by atoms with Gasteiger partial charge in [0, 0.05) is 0 Å². The van der Waals surface area contributed by atoms with Crippen molar-refractivity contribution in [3.05, 3.63) is 0 Å².